The monoisotopic (exact) mass is 271 g/mol. The minimum Gasteiger partial charge on any atom is -0.457 e. The minimum absolute atomic E-state index is 0.0608. The number of aryl methyl sites for hydroxylation is 1. The van der Waals surface area contributed by atoms with Gasteiger partial charge in [-0.15, -0.1) is 0 Å². The molecule has 2 rings (SSSR count). The van der Waals surface area contributed by atoms with Crippen molar-refractivity contribution in [2.75, 3.05) is 0 Å². The summed E-state index contributed by atoms with van der Waals surface area (Å²) < 4.78 is 5.86. The molecule has 0 spiro atoms. The zero-order valence-electron chi connectivity index (χ0n) is 11.8. The predicted molar refractivity (Wildman–Crippen MR) is 78.4 cm³/mol. The number of hydrogen-bond acceptors (Lipinski definition) is 3. The van der Waals surface area contributed by atoms with E-state index < -0.39 is 4.92 Å². The molecule has 0 aliphatic rings. The van der Waals surface area contributed by atoms with Crippen LogP contribution in [0.2, 0.25) is 0 Å². The summed E-state index contributed by atoms with van der Waals surface area (Å²) >= 11 is 0. The molecule has 0 amide bonds. The van der Waals surface area contributed by atoms with Crippen LogP contribution in [-0.2, 0) is 0 Å². The Morgan fingerprint density at radius 2 is 1.75 bits per heavy atom. The van der Waals surface area contributed by atoms with Crippen LogP contribution in [-0.4, -0.2) is 4.92 Å². The summed E-state index contributed by atoms with van der Waals surface area (Å²) in [5, 5.41) is 10.6. The molecule has 2 aromatic carbocycles. The smallest absolute Gasteiger partial charge is 0.269 e. The molecule has 104 valence electrons. The number of nitro groups is 1. The van der Waals surface area contributed by atoms with Crippen molar-refractivity contribution in [3.8, 4) is 11.5 Å². The third kappa shape index (κ3) is 3.15. The summed E-state index contributed by atoms with van der Waals surface area (Å²) in [7, 11) is 0. The van der Waals surface area contributed by atoms with Gasteiger partial charge < -0.3 is 4.74 Å². The summed E-state index contributed by atoms with van der Waals surface area (Å²) in [5.74, 6) is 1.75. The van der Waals surface area contributed by atoms with Crippen LogP contribution in [0.25, 0.3) is 0 Å². The van der Waals surface area contributed by atoms with E-state index >= 15 is 0 Å². The van der Waals surface area contributed by atoms with E-state index in [9.17, 15) is 10.1 Å². The lowest BCUT2D eigenvalue weighted by Crippen LogP contribution is -1.95. The molecule has 2 aromatic rings. The number of non-ortho nitro benzene ring substituents is 1. The van der Waals surface area contributed by atoms with Crippen molar-refractivity contribution >= 4 is 5.69 Å². The zero-order chi connectivity index (χ0) is 14.7. The maximum absolute atomic E-state index is 10.6. The fraction of sp³-hybridized carbons (Fsp3) is 0.250. The summed E-state index contributed by atoms with van der Waals surface area (Å²) in [6, 6.07) is 12.2. The third-order valence-electron chi connectivity index (χ3n) is 3.07. The first-order valence-electron chi connectivity index (χ1n) is 6.50. The van der Waals surface area contributed by atoms with E-state index in [2.05, 4.69) is 26.0 Å². The summed E-state index contributed by atoms with van der Waals surface area (Å²) in [4.78, 5) is 10.2. The van der Waals surface area contributed by atoms with Crippen molar-refractivity contribution in [1.29, 1.82) is 0 Å². The van der Waals surface area contributed by atoms with Crippen molar-refractivity contribution in [2.45, 2.75) is 26.7 Å². The maximum atomic E-state index is 10.6. The van der Waals surface area contributed by atoms with Gasteiger partial charge >= 0.3 is 0 Å². The van der Waals surface area contributed by atoms with Gasteiger partial charge in [0, 0.05) is 12.1 Å². The van der Waals surface area contributed by atoms with Crippen LogP contribution >= 0.6 is 0 Å². The van der Waals surface area contributed by atoms with Gasteiger partial charge in [-0.05, 0) is 42.2 Å². The highest BCUT2D eigenvalue weighted by Crippen LogP contribution is 2.32. The van der Waals surface area contributed by atoms with E-state index in [-0.39, 0.29) is 5.69 Å². The highest BCUT2D eigenvalue weighted by atomic mass is 16.6. The van der Waals surface area contributed by atoms with E-state index in [0.29, 0.717) is 11.7 Å². The van der Waals surface area contributed by atoms with Gasteiger partial charge in [-0.3, -0.25) is 10.1 Å². The molecule has 0 bridgehead atoms. The van der Waals surface area contributed by atoms with Gasteiger partial charge in [0.2, 0.25) is 0 Å². The first-order chi connectivity index (χ1) is 9.47. The zero-order valence-corrected chi connectivity index (χ0v) is 11.8. The molecule has 0 heterocycles. The van der Waals surface area contributed by atoms with Crippen LogP contribution in [0.4, 0.5) is 5.69 Å². The number of rotatable bonds is 4. The van der Waals surface area contributed by atoms with Gasteiger partial charge in [0.1, 0.15) is 11.5 Å². The SMILES string of the molecule is Cc1ccc(C(C)C)c(Oc2ccc([N+](=O)[O-])cc2)c1. The molecule has 0 aliphatic carbocycles. The Labute approximate surface area is 118 Å². The summed E-state index contributed by atoms with van der Waals surface area (Å²) in [6.45, 7) is 6.22. The van der Waals surface area contributed by atoms with Crippen LogP contribution < -0.4 is 4.74 Å². The molecule has 0 saturated heterocycles. The van der Waals surface area contributed by atoms with E-state index in [0.717, 1.165) is 16.9 Å². The predicted octanol–water partition coefficient (Wildman–Crippen LogP) is 4.82. The van der Waals surface area contributed by atoms with E-state index in [1.54, 1.807) is 12.1 Å². The van der Waals surface area contributed by atoms with Crippen molar-refractivity contribution in [3.63, 3.8) is 0 Å². The average Bonchev–Trinajstić information content (AvgIpc) is 2.39. The van der Waals surface area contributed by atoms with Gasteiger partial charge in [-0.25, -0.2) is 0 Å². The van der Waals surface area contributed by atoms with Crippen molar-refractivity contribution in [2.24, 2.45) is 0 Å². The molecular formula is C16H17NO3. The molecule has 0 aliphatic heterocycles. The second-order valence-electron chi connectivity index (χ2n) is 5.05. The molecule has 0 unspecified atom stereocenters. The Balaban J connectivity index is 2.29. The molecule has 0 N–H and O–H groups in total. The second-order valence-corrected chi connectivity index (χ2v) is 5.05. The number of ether oxygens (including phenoxy) is 1. The Morgan fingerprint density at radius 1 is 1.10 bits per heavy atom. The lowest BCUT2D eigenvalue weighted by molar-refractivity contribution is -0.384. The molecule has 4 nitrogen and oxygen atoms in total. The van der Waals surface area contributed by atoms with Crippen LogP contribution in [0.15, 0.2) is 42.5 Å². The van der Waals surface area contributed by atoms with Crippen LogP contribution in [0.1, 0.15) is 30.9 Å². The van der Waals surface area contributed by atoms with Gasteiger partial charge in [-0.2, -0.15) is 0 Å². The first kappa shape index (κ1) is 14.1. The van der Waals surface area contributed by atoms with E-state index in [4.69, 9.17) is 4.74 Å². The molecule has 0 saturated carbocycles. The lowest BCUT2D eigenvalue weighted by Gasteiger charge is -2.14. The van der Waals surface area contributed by atoms with Crippen LogP contribution in [0, 0.1) is 17.0 Å². The molecule has 0 aromatic heterocycles. The number of nitrogens with zero attached hydrogens (tertiary/aromatic N) is 1. The summed E-state index contributed by atoms with van der Waals surface area (Å²) in [6.07, 6.45) is 0. The largest absolute Gasteiger partial charge is 0.457 e. The van der Waals surface area contributed by atoms with Crippen molar-refractivity contribution in [3.05, 3.63) is 63.7 Å². The highest BCUT2D eigenvalue weighted by molar-refractivity contribution is 5.43. The molecule has 0 fully saturated rings. The topological polar surface area (TPSA) is 52.4 Å². The van der Waals surface area contributed by atoms with E-state index in [1.165, 1.54) is 12.1 Å². The number of nitro benzene ring substituents is 1. The van der Waals surface area contributed by atoms with Gasteiger partial charge in [0.05, 0.1) is 4.92 Å². The van der Waals surface area contributed by atoms with Gasteiger partial charge in [0.25, 0.3) is 5.69 Å². The Morgan fingerprint density at radius 3 is 2.30 bits per heavy atom. The Bertz CT molecular complexity index is 618. The van der Waals surface area contributed by atoms with Crippen LogP contribution in [0.3, 0.4) is 0 Å². The van der Waals surface area contributed by atoms with Crippen LogP contribution in [0.5, 0.6) is 11.5 Å². The Kier molecular flexibility index (Phi) is 4.03. The third-order valence-corrected chi connectivity index (χ3v) is 3.07. The minimum atomic E-state index is -0.421. The Hall–Kier alpha value is -2.36. The fourth-order valence-corrected chi connectivity index (χ4v) is 1.97. The quantitative estimate of drug-likeness (QED) is 0.591. The molecule has 4 heteroatoms. The highest BCUT2D eigenvalue weighted by Gasteiger charge is 2.10. The fourth-order valence-electron chi connectivity index (χ4n) is 1.97. The molecule has 0 radical (unpaired) electrons. The number of benzene rings is 2. The second kappa shape index (κ2) is 5.74. The molecule has 20 heavy (non-hydrogen) atoms. The first-order valence-corrected chi connectivity index (χ1v) is 6.50. The normalized spacial score (nSPS) is 10.6. The number of hydrogen-bond donors (Lipinski definition) is 0. The maximum Gasteiger partial charge on any atom is 0.269 e. The summed E-state index contributed by atoms with van der Waals surface area (Å²) in [5.41, 5.74) is 2.30. The van der Waals surface area contributed by atoms with Crippen molar-refractivity contribution < 1.29 is 9.66 Å². The average molecular weight is 271 g/mol. The lowest BCUT2D eigenvalue weighted by atomic mass is 10.0. The standard InChI is InChI=1S/C16H17NO3/c1-11(2)15-9-4-12(3)10-16(15)20-14-7-5-13(6-8-14)17(18)19/h4-11H,1-3H3. The van der Waals surface area contributed by atoms with E-state index in [1.807, 2.05) is 13.0 Å². The van der Waals surface area contributed by atoms with Gasteiger partial charge in [-0.1, -0.05) is 26.0 Å². The van der Waals surface area contributed by atoms with Crippen molar-refractivity contribution in [1.82, 2.24) is 0 Å². The molecule has 0 atom stereocenters. The van der Waals surface area contributed by atoms with Gasteiger partial charge in [0.15, 0.2) is 0 Å². The molecular weight excluding hydrogens is 254 g/mol.